The van der Waals surface area contributed by atoms with Crippen molar-refractivity contribution in [1.82, 2.24) is 5.32 Å². The van der Waals surface area contributed by atoms with Gasteiger partial charge in [-0.05, 0) is 93.4 Å². The first-order valence-electron chi connectivity index (χ1n) is 20.3. The highest BCUT2D eigenvalue weighted by atomic mass is 32.2. The van der Waals surface area contributed by atoms with E-state index in [1.807, 2.05) is 37.3 Å². The predicted molar refractivity (Wildman–Crippen MR) is 214 cm³/mol. The number of aliphatic hydroxyl groups is 1. The first kappa shape index (κ1) is 44.5. The Labute approximate surface area is 331 Å². The van der Waals surface area contributed by atoms with E-state index in [9.17, 15) is 29.1 Å². The lowest BCUT2D eigenvalue weighted by Gasteiger charge is -2.61. The van der Waals surface area contributed by atoms with E-state index in [1.165, 1.54) is 11.8 Å². The van der Waals surface area contributed by atoms with E-state index in [0.29, 0.717) is 31.4 Å². The number of esters is 1. The zero-order valence-corrected chi connectivity index (χ0v) is 34.1. The van der Waals surface area contributed by atoms with E-state index in [1.54, 1.807) is 0 Å². The first-order valence-corrected chi connectivity index (χ1v) is 21.3. The van der Waals surface area contributed by atoms with Crippen LogP contribution in [0.25, 0.3) is 0 Å². The van der Waals surface area contributed by atoms with Gasteiger partial charge < -0.3 is 30.7 Å². The normalized spacial score (nSPS) is 32.8. The molecule has 2 bridgehead atoms. The quantitative estimate of drug-likeness (QED) is 0.0511. The Hall–Kier alpha value is -3.22. The van der Waals surface area contributed by atoms with Gasteiger partial charge in [-0.3, -0.25) is 24.0 Å². The Morgan fingerprint density at radius 2 is 1.67 bits per heavy atom. The second-order valence-electron chi connectivity index (χ2n) is 16.9. The monoisotopic (exact) mass is 784 g/mol. The molecule has 0 aromatic heterocycles. The minimum absolute atomic E-state index is 0.0327. The highest BCUT2D eigenvalue weighted by Gasteiger charge is 2.68. The summed E-state index contributed by atoms with van der Waals surface area (Å²) >= 11 is 1.37. The fourth-order valence-corrected chi connectivity index (χ4v) is 10.6. The van der Waals surface area contributed by atoms with Gasteiger partial charge in [0.25, 0.3) is 0 Å². The zero-order valence-electron chi connectivity index (χ0n) is 33.3. The Balaban J connectivity index is 0.000000444. The minimum atomic E-state index is -0.759. The number of nitrogens with one attached hydrogen (secondary N) is 2. The molecule has 5 rings (SSSR count). The van der Waals surface area contributed by atoms with Gasteiger partial charge in [-0.2, -0.15) is 0 Å². The summed E-state index contributed by atoms with van der Waals surface area (Å²) in [5.41, 5.74) is -0.767. The number of unbranched alkanes of at least 4 members (excludes halogenated alkanes) is 4. The van der Waals surface area contributed by atoms with E-state index in [0.717, 1.165) is 69.2 Å². The molecule has 1 aromatic carbocycles. The molecule has 1 saturated heterocycles. The van der Waals surface area contributed by atoms with Gasteiger partial charge in [0.1, 0.15) is 11.9 Å². The van der Waals surface area contributed by atoms with Crippen LogP contribution in [-0.4, -0.2) is 75.5 Å². The van der Waals surface area contributed by atoms with Gasteiger partial charge in [0.2, 0.25) is 5.91 Å². The number of hydrogen-bond acceptors (Lipinski definition) is 9. The van der Waals surface area contributed by atoms with Gasteiger partial charge in [-0.25, -0.2) is 0 Å². The first-order chi connectivity index (χ1) is 26.1. The lowest BCUT2D eigenvalue weighted by atomic mass is 9.44. The molecule has 1 unspecified atom stereocenters. The molecule has 4 aliphatic rings. The van der Waals surface area contributed by atoms with Gasteiger partial charge >= 0.3 is 17.9 Å². The van der Waals surface area contributed by atoms with E-state index in [-0.39, 0.29) is 65.5 Å². The summed E-state index contributed by atoms with van der Waals surface area (Å²) in [7, 11) is 0. The van der Waals surface area contributed by atoms with Gasteiger partial charge in [0, 0.05) is 46.6 Å². The SMILES string of the molecule is C=C[C@]1(C)C[C@@H](OC(=O)CSc2cccc(NC(=O)C3CCCCN3)c2)[C@]2(C)[C@H](C)CC[C@]3(CCC(=O)[C@H]32)[C@@H](C)[C@@H]1O.O=C(O)CCCCCCCC(=O)O. The molecule has 9 atom stereocenters. The number of carbonyl (C=O) groups is 5. The lowest BCUT2D eigenvalue weighted by Crippen LogP contribution is -2.63. The number of ether oxygens (including phenoxy) is 1. The maximum atomic E-state index is 13.6. The molecule has 1 heterocycles. The second kappa shape index (κ2) is 19.8. The van der Waals surface area contributed by atoms with Crippen LogP contribution in [0.3, 0.4) is 0 Å². The largest absolute Gasteiger partial charge is 0.481 e. The zero-order chi connectivity index (χ0) is 40.4. The number of carboxylic acid groups (broad SMARTS) is 2. The van der Waals surface area contributed by atoms with Crippen molar-refractivity contribution in [3.63, 3.8) is 0 Å². The van der Waals surface area contributed by atoms with Gasteiger partial charge in [0.05, 0.1) is 17.9 Å². The molecule has 3 aliphatic carbocycles. The standard InChI is InChI=1S/C34H48N2O5S.C9H16O4/c1-6-32(4)19-27(33(5)21(2)13-15-34(22(3)30(32)39)16-14-26(37)29(33)34)41-28(38)20-42-24-11-9-10-23(18-24)36-31(40)25-12-7-8-17-35-25;10-8(11)6-4-2-1-3-5-7-9(12)13/h6,9-11,18,21-22,25,27,29-30,35,39H,1,7-8,12-17,19-20H2,2-5H3,(H,36,40);1-7H2,(H,10,11)(H,12,13)/t21-,22+,25?,27-,29+,30+,32-,33+,34+;/m1./s1. The fraction of sp³-hybridized carbons (Fsp3) is 0.698. The Morgan fingerprint density at radius 3 is 2.29 bits per heavy atom. The summed E-state index contributed by atoms with van der Waals surface area (Å²) in [5, 5.41) is 34.6. The number of thioether (sulfide) groups is 1. The van der Waals surface area contributed by atoms with Crippen molar-refractivity contribution in [3.05, 3.63) is 36.9 Å². The third-order valence-electron chi connectivity index (χ3n) is 13.4. The predicted octanol–water partition coefficient (Wildman–Crippen LogP) is 7.65. The molecule has 306 valence electrons. The van der Waals surface area contributed by atoms with Crippen molar-refractivity contribution in [3.8, 4) is 0 Å². The summed E-state index contributed by atoms with van der Waals surface area (Å²) in [6, 6.07) is 7.36. The van der Waals surface area contributed by atoms with Crippen LogP contribution in [0, 0.1) is 34.0 Å². The number of benzene rings is 1. The van der Waals surface area contributed by atoms with Crippen molar-refractivity contribution < 1.29 is 44.0 Å². The smallest absolute Gasteiger partial charge is 0.316 e. The molecule has 12 heteroatoms. The van der Waals surface area contributed by atoms with E-state index in [2.05, 4.69) is 38.0 Å². The highest BCUT2D eigenvalue weighted by Crippen LogP contribution is 2.68. The third-order valence-corrected chi connectivity index (χ3v) is 14.4. The molecule has 55 heavy (non-hydrogen) atoms. The number of ketones is 1. The minimum Gasteiger partial charge on any atom is -0.481 e. The van der Waals surface area contributed by atoms with Crippen LogP contribution in [0.4, 0.5) is 5.69 Å². The number of aliphatic carboxylic acids is 2. The number of anilines is 1. The number of Topliss-reactive ketones (excluding diaryl/α,β-unsaturated/α-hetero) is 1. The van der Waals surface area contributed by atoms with E-state index in [4.69, 9.17) is 14.9 Å². The number of hydrogen-bond donors (Lipinski definition) is 5. The molecule has 0 spiro atoms. The highest BCUT2D eigenvalue weighted by molar-refractivity contribution is 8.00. The summed E-state index contributed by atoms with van der Waals surface area (Å²) in [6.45, 7) is 13.4. The molecule has 11 nitrogen and oxygen atoms in total. The van der Waals surface area contributed by atoms with Crippen LogP contribution in [0.5, 0.6) is 0 Å². The maximum Gasteiger partial charge on any atom is 0.316 e. The molecule has 3 saturated carbocycles. The summed E-state index contributed by atoms with van der Waals surface area (Å²) in [4.78, 5) is 60.8. The van der Waals surface area contributed by atoms with Crippen LogP contribution in [-0.2, 0) is 28.7 Å². The second-order valence-corrected chi connectivity index (χ2v) is 18.0. The molecule has 5 N–H and O–H groups in total. The molecule has 1 aliphatic heterocycles. The maximum absolute atomic E-state index is 13.6. The average molecular weight is 785 g/mol. The van der Waals surface area contributed by atoms with Crippen LogP contribution < -0.4 is 10.6 Å². The Morgan fingerprint density at radius 1 is 1.00 bits per heavy atom. The van der Waals surface area contributed by atoms with E-state index < -0.39 is 35.0 Å². The fourth-order valence-electron chi connectivity index (χ4n) is 9.89. The van der Waals surface area contributed by atoms with Crippen LogP contribution >= 0.6 is 11.8 Å². The van der Waals surface area contributed by atoms with Crippen molar-refractivity contribution in [2.45, 2.75) is 147 Å². The van der Waals surface area contributed by atoms with E-state index >= 15 is 0 Å². The number of carbonyl (C=O) groups excluding carboxylic acids is 3. The average Bonchev–Trinajstić information content (AvgIpc) is 3.52. The van der Waals surface area contributed by atoms with Gasteiger partial charge in [-0.15, -0.1) is 18.3 Å². The van der Waals surface area contributed by atoms with Crippen molar-refractivity contribution in [2.75, 3.05) is 17.6 Å². The van der Waals surface area contributed by atoms with Crippen molar-refractivity contribution >= 4 is 47.0 Å². The summed E-state index contributed by atoms with van der Waals surface area (Å²) in [5.74, 6) is -1.63. The van der Waals surface area contributed by atoms with Crippen LogP contribution in [0.15, 0.2) is 41.8 Å². The Kier molecular flexibility index (Phi) is 16.0. The summed E-state index contributed by atoms with van der Waals surface area (Å²) < 4.78 is 6.37. The molecular formula is C43H64N2O9S. The van der Waals surface area contributed by atoms with Crippen molar-refractivity contribution in [2.24, 2.45) is 34.0 Å². The van der Waals surface area contributed by atoms with Gasteiger partial charge in [-0.1, -0.05) is 65.5 Å². The number of piperidine rings is 1. The molecular weight excluding hydrogens is 721 g/mol. The third kappa shape index (κ3) is 10.8. The molecule has 0 radical (unpaired) electrons. The number of aliphatic hydroxyl groups excluding tert-OH is 1. The Bertz CT molecular complexity index is 1510. The summed E-state index contributed by atoms with van der Waals surface area (Å²) in [6.07, 6.45) is 11.7. The number of rotatable bonds is 15. The molecule has 1 aromatic rings. The number of amides is 1. The molecule has 1 amide bonds. The van der Waals surface area contributed by atoms with Crippen molar-refractivity contribution in [1.29, 1.82) is 0 Å². The number of carboxylic acids is 2. The van der Waals surface area contributed by atoms with Crippen LogP contribution in [0.2, 0.25) is 0 Å². The lowest BCUT2D eigenvalue weighted by molar-refractivity contribution is -0.205. The van der Waals surface area contributed by atoms with Crippen LogP contribution in [0.1, 0.15) is 124 Å². The molecule has 4 fully saturated rings. The topological polar surface area (TPSA) is 179 Å². The van der Waals surface area contributed by atoms with Gasteiger partial charge in [0.15, 0.2) is 0 Å².